The highest BCUT2D eigenvalue weighted by atomic mass is 35.5. The van der Waals surface area contributed by atoms with Gasteiger partial charge < -0.3 is 20.2 Å². The molecule has 0 radical (unpaired) electrons. The molecule has 0 unspecified atom stereocenters. The van der Waals surface area contributed by atoms with Crippen LogP contribution in [0.1, 0.15) is 12.0 Å². The predicted molar refractivity (Wildman–Crippen MR) is 121 cm³/mol. The number of piperazine rings is 1. The molecular weight excluding hydrogens is 403 g/mol. The molecule has 158 valence electrons. The van der Waals surface area contributed by atoms with Crippen LogP contribution < -0.4 is 15.1 Å². The van der Waals surface area contributed by atoms with Crippen molar-refractivity contribution in [1.82, 2.24) is 10.3 Å². The fourth-order valence-corrected chi connectivity index (χ4v) is 4.04. The lowest BCUT2D eigenvalue weighted by molar-refractivity contribution is 0.286. The van der Waals surface area contributed by atoms with Gasteiger partial charge in [0, 0.05) is 67.1 Å². The van der Waals surface area contributed by atoms with Crippen LogP contribution in [0.3, 0.4) is 0 Å². The maximum absolute atomic E-state index is 13.8. The fraction of sp³-hybridized carbons (Fsp3) is 0.348. The van der Waals surface area contributed by atoms with Crippen LogP contribution in [0.4, 0.5) is 15.9 Å². The van der Waals surface area contributed by atoms with E-state index in [0.717, 1.165) is 60.2 Å². The lowest BCUT2D eigenvalue weighted by Crippen LogP contribution is -2.47. The zero-order valence-electron chi connectivity index (χ0n) is 16.8. The number of hydrogen-bond acceptors (Lipinski definition) is 5. The van der Waals surface area contributed by atoms with E-state index in [1.165, 1.54) is 12.1 Å². The number of aliphatic hydroxyl groups is 1. The molecule has 3 aromatic rings. The SMILES string of the molecule is OCCCNCc1cc2ccc(F)cc2nc1N1CCN(c2cccc(Cl)c2)CC1. The molecule has 1 aromatic heterocycles. The van der Waals surface area contributed by atoms with Gasteiger partial charge in [-0.2, -0.15) is 0 Å². The van der Waals surface area contributed by atoms with Gasteiger partial charge in [0.25, 0.3) is 0 Å². The van der Waals surface area contributed by atoms with Gasteiger partial charge in [-0.25, -0.2) is 9.37 Å². The minimum Gasteiger partial charge on any atom is -0.396 e. The van der Waals surface area contributed by atoms with E-state index in [-0.39, 0.29) is 12.4 Å². The number of fused-ring (bicyclic) bond motifs is 1. The molecule has 7 heteroatoms. The van der Waals surface area contributed by atoms with Crippen molar-refractivity contribution in [3.8, 4) is 0 Å². The van der Waals surface area contributed by atoms with Gasteiger partial charge in [0.2, 0.25) is 0 Å². The maximum atomic E-state index is 13.8. The summed E-state index contributed by atoms with van der Waals surface area (Å²) in [4.78, 5) is 9.42. The number of rotatable bonds is 7. The summed E-state index contributed by atoms with van der Waals surface area (Å²) >= 11 is 6.15. The minimum absolute atomic E-state index is 0.167. The Hall–Kier alpha value is -2.41. The largest absolute Gasteiger partial charge is 0.396 e. The van der Waals surface area contributed by atoms with Gasteiger partial charge in [-0.15, -0.1) is 0 Å². The number of halogens is 2. The number of nitrogens with one attached hydrogen (secondary N) is 1. The third-order valence-electron chi connectivity index (χ3n) is 5.42. The number of nitrogens with zero attached hydrogens (tertiary/aromatic N) is 3. The van der Waals surface area contributed by atoms with E-state index >= 15 is 0 Å². The summed E-state index contributed by atoms with van der Waals surface area (Å²) < 4.78 is 13.8. The predicted octanol–water partition coefficient (Wildman–Crippen LogP) is 3.83. The van der Waals surface area contributed by atoms with Crippen molar-refractivity contribution in [1.29, 1.82) is 0 Å². The lowest BCUT2D eigenvalue weighted by atomic mass is 10.1. The molecule has 0 spiro atoms. The van der Waals surface area contributed by atoms with E-state index < -0.39 is 0 Å². The molecule has 5 nitrogen and oxygen atoms in total. The molecule has 4 rings (SSSR count). The van der Waals surface area contributed by atoms with Gasteiger partial charge in [-0.05, 0) is 49.4 Å². The molecule has 0 aliphatic carbocycles. The monoisotopic (exact) mass is 428 g/mol. The second-order valence-corrected chi connectivity index (χ2v) is 7.95. The number of benzene rings is 2. The van der Waals surface area contributed by atoms with Gasteiger partial charge in [0.05, 0.1) is 5.52 Å². The lowest BCUT2D eigenvalue weighted by Gasteiger charge is -2.37. The van der Waals surface area contributed by atoms with Crippen molar-refractivity contribution in [3.63, 3.8) is 0 Å². The van der Waals surface area contributed by atoms with Crippen LogP contribution in [0.2, 0.25) is 5.02 Å². The summed E-state index contributed by atoms with van der Waals surface area (Å²) in [5, 5.41) is 14.1. The van der Waals surface area contributed by atoms with Gasteiger partial charge in [0.15, 0.2) is 0 Å². The van der Waals surface area contributed by atoms with Gasteiger partial charge in [-0.1, -0.05) is 17.7 Å². The van der Waals surface area contributed by atoms with Crippen LogP contribution in [0.25, 0.3) is 10.9 Å². The molecule has 1 saturated heterocycles. The normalized spacial score (nSPS) is 14.5. The molecule has 2 N–H and O–H groups in total. The Balaban J connectivity index is 1.55. The summed E-state index contributed by atoms with van der Waals surface area (Å²) in [7, 11) is 0. The fourth-order valence-electron chi connectivity index (χ4n) is 3.85. The van der Waals surface area contributed by atoms with Gasteiger partial charge in [0.1, 0.15) is 11.6 Å². The third-order valence-corrected chi connectivity index (χ3v) is 5.65. The van der Waals surface area contributed by atoms with E-state index in [4.69, 9.17) is 21.7 Å². The Morgan fingerprint density at radius 3 is 2.60 bits per heavy atom. The highest BCUT2D eigenvalue weighted by Gasteiger charge is 2.21. The Morgan fingerprint density at radius 2 is 1.83 bits per heavy atom. The second-order valence-electron chi connectivity index (χ2n) is 7.52. The number of pyridine rings is 1. The van der Waals surface area contributed by atoms with Gasteiger partial charge >= 0.3 is 0 Å². The van der Waals surface area contributed by atoms with E-state index in [2.05, 4.69) is 27.2 Å². The number of hydrogen-bond donors (Lipinski definition) is 2. The van der Waals surface area contributed by atoms with Crippen LogP contribution in [0.15, 0.2) is 48.5 Å². The topological polar surface area (TPSA) is 51.6 Å². The summed E-state index contributed by atoms with van der Waals surface area (Å²) in [6.45, 7) is 4.93. The van der Waals surface area contributed by atoms with Crippen LogP contribution in [0, 0.1) is 5.82 Å². The maximum Gasteiger partial charge on any atom is 0.133 e. The van der Waals surface area contributed by atoms with Crippen molar-refractivity contribution >= 4 is 34.0 Å². The molecule has 30 heavy (non-hydrogen) atoms. The van der Waals surface area contributed by atoms with Crippen molar-refractivity contribution in [2.45, 2.75) is 13.0 Å². The molecule has 0 amide bonds. The molecule has 2 aromatic carbocycles. The average Bonchev–Trinajstić information content (AvgIpc) is 2.76. The first-order valence-electron chi connectivity index (χ1n) is 10.3. The first-order chi connectivity index (χ1) is 14.6. The molecule has 0 atom stereocenters. The summed E-state index contributed by atoms with van der Waals surface area (Å²) in [5.41, 5.74) is 2.88. The van der Waals surface area contributed by atoms with Crippen LogP contribution in [0.5, 0.6) is 0 Å². The molecule has 1 aliphatic heterocycles. The highest BCUT2D eigenvalue weighted by Crippen LogP contribution is 2.27. The Bertz CT molecular complexity index is 1010. The molecule has 0 saturated carbocycles. The third kappa shape index (κ3) is 4.83. The van der Waals surface area contributed by atoms with E-state index in [1.54, 1.807) is 6.07 Å². The number of anilines is 2. The first-order valence-corrected chi connectivity index (χ1v) is 10.7. The minimum atomic E-state index is -0.277. The molecule has 1 fully saturated rings. The van der Waals surface area contributed by atoms with Crippen molar-refractivity contribution < 1.29 is 9.50 Å². The summed E-state index contributed by atoms with van der Waals surface area (Å²) in [5.74, 6) is 0.621. The average molecular weight is 429 g/mol. The molecule has 1 aliphatic rings. The highest BCUT2D eigenvalue weighted by molar-refractivity contribution is 6.30. The van der Waals surface area contributed by atoms with Crippen LogP contribution in [-0.2, 0) is 6.54 Å². The smallest absolute Gasteiger partial charge is 0.133 e. The van der Waals surface area contributed by atoms with Crippen molar-refractivity contribution in [3.05, 3.63) is 64.9 Å². The Labute approximate surface area is 181 Å². The summed E-state index contributed by atoms with van der Waals surface area (Å²) in [6.07, 6.45) is 0.708. The van der Waals surface area contributed by atoms with E-state index in [9.17, 15) is 4.39 Å². The molecule has 0 bridgehead atoms. The second kappa shape index (κ2) is 9.60. The zero-order chi connectivity index (χ0) is 20.9. The quantitative estimate of drug-likeness (QED) is 0.560. The van der Waals surface area contributed by atoms with Gasteiger partial charge in [-0.3, -0.25) is 0 Å². The standard InChI is InChI=1S/C23H26ClFN4O/c24-19-3-1-4-21(14-19)28-8-10-29(11-9-28)23-18(16-26-7-2-12-30)13-17-5-6-20(25)15-22(17)27-23/h1,3-6,13-15,26,30H,2,7-12,16H2. The summed E-state index contributed by atoms with van der Waals surface area (Å²) in [6, 6.07) is 14.7. The number of aliphatic hydroxyl groups excluding tert-OH is 1. The molecular formula is C23H26ClFN4O. The first kappa shape index (κ1) is 20.8. The van der Waals surface area contributed by atoms with E-state index in [0.29, 0.717) is 18.5 Å². The van der Waals surface area contributed by atoms with Crippen molar-refractivity contribution in [2.75, 3.05) is 49.1 Å². The molecule has 2 heterocycles. The van der Waals surface area contributed by atoms with Crippen molar-refractivity contribution in [2.24, 2.45) is 0 Å². The van der Waals surface area contributed by atoms with E-state index in [1.807, 2.05) is 18.2 Å². The van der Waals surface area contributed by atoms with Crippen LogP contribution >= 0.6 is 11.6 Å². The zero-order valence-corrected chi connectivity index (χ0v) is 17.6. The number of aromatic nitrogens is 1. The Morgan fingerprint density at radius 1 is 1.03 bits per heavy atom. The van der Waals surface area contributed by atoms with Crippen LogP contribution in [-0.4, -0.2) is 49.4 Å². The Kier molecular flexibility index (Phi) is 6.67.